The zero-order chi connectivity index (χ0) is 13.7. The molecule has 0 aliphatic heterocycles. The van der Waals surface area contributed by atoms with Crippen LogP contribution in [0.1, 0.15) is 40.0 Å². The lowest BCUT2D eigenvalue weighted by molar-refractivity contribution is -0.269. The molecule has 2 atom stereocenters. The Balaban J connectivity index is 4.95. The highest BCUT2D eigenvalue weighted by atomic mass is 17.1. The monoisotopic (exact) mass is 245 g/mol. The van der Waals surface area contributed by atoms with Gasteiger partial charge in [-0.05, 0) is 12.8 Å². The second-order valence-corrected chi connectivity index (χ2v) is 4.96. The van der Waals surface area contributed by atoms with Crippen LogP contribution in [-0.2, 0) is 9.68 Å². The van der Waals surface area contributed by atoms with Gasteiger partial charge in [0.05, 0.1) is 12.2 Å². The highest BCUT2D eigenvalue weighted by Gasteiger charge is 2.54. The van der Waals surface area contributed by atoms with Crippen LogP contribution in [0.5, 0.6) is 0 Å². The summed E-state index contributed by atoms with van der Waals surface area (Å²) in [5, 5.41) is 36.8. The molecule has 0 heterocycles. The van der Waals surface area contributed by atoms with Crippen LogP contribution in [0.3, 0.4) is 0 Å². The van der Waals surface area contributed by atoms with E-state index in [2.05, 4.69) is 4.89 Å². The van der Waals surface area contributed by atoms with Gasteiger partial charge >= 0.3 is 5.97 Å². The van der Waals surface area contributed by atoms with Crippen molar-refractivity contribution in [2.75, 3.05) is 0 Å². The molecule has 0 spiro atoms. The van der Waals surface area contributed by atoms with E-state index in [-0.39, 0.29) is 12.8 Å². The van der Waals surface area contributed by atoms with Crippen LogP contribution < -0.4 is 0 Å². The van der Waals surface area contributed by atoms with Crippen LogP contribution >= 0.6 is 0 Å². The molecule has 0 fully saturated rings. The summed E-state index contributed by atoms with van der Waals surface area (Å²) in [7, 11) is 0. The second kappa shape index (κ2) is 5.96. The molecule has 0 rings (SSSR count). The molecule has 3 N–H and O–H groups in total. The first-order chi connectivity index (χ1) is 7.71. The summed E-state index contributed by atoms with van der Waals surface area (Å²) in [5.41, 5.74) is -3.23. The van der Waals surface area contributed by atoms with E-state index in [9.17, 15) is 15.0 Å². The van der Waals surface area contributed by atoms with Gasteiger partial charge in [-0.25, -0.2) is 4.79 Å². The molecule has 0 aromatic heterocycles. The first-order valence-corrected chi connectivity index (χ1v) is 5.35. The summed E-state index contributed by atoms with van der Waals surface area (Å²) in [5.74, 6) is -1.30. The topological polar surface area (TPSA) is 111 Å². The average molecular weight is 245 g/mol. The van der Waals surface area contributed by atoms with E-state index in [1.807, 2.05) is 6.07 Å². The standard InChI is InChI=1S/C11H19NO5/c1-10(2,3)11(15,9(14)17-16)8(13)6-4-5-7-12/h8,13,15-16H,4-6H2,1-3H3/t8-,11?/m1/s1. The molecule has 1 unspecified atom stereocenters. The largest absolute Gasteiger partial charge is 0.389 e. The summed E-state index contributed by atoms with van der Waals surface area (Å²) in [6.07, 6.45) is -0.785. The van der Waals surface area contributed by atoms with Crippen molar-refractivity contribution in [3.05, 3.63) is 0 Å². The van der Waals surface area contributed by atoms with Crippen molar-refractivity contribution in [1.82, 2.24) is 0 Å². The molecule has 0 amide bonds. The lowest BCUT2D eigenvalue weighted by Gasteiger charge is -2.40. The van der Waals surface area contributed by atoms with E-state index in [1.54, 1.807) is 0 Å². The van der Waals surface area contributed by atoms with Gasteiger partial charge in [-0.15, -0.1) is 0 Å². The Bertz CT molecular complexity index is 304. The van der Waals surface area contributed by atoms with Gasteiger partial charge < -0.3 is 10.2 Å². The molecule has 0 saturated heterocycles. The minimum atomic E-state index is -2.21. The molecule has 6 heteroatoms. The lowest BCUT2D eigenvalue weighted by Crippen LogP contribution is -2.59. The maximum atomic E-state index is 11.4. The van der Waals surface area contributed by atoms with Crippen molar-refractivity contribution in [3.63, 3.8) is 0 Å². The smallest absolute Gasteiger partial charge is 0.376 e. The SMILES string of the molecule is CC(C)(C)C(O)(C(=O)OO)[C@H](O)CCCC#N. The van der Waals surface area contributed by atoms with Crippen LogP contribution in [-0.4, -0.2) is 33.1 Å². The lowest BCUT2D eigenvalue weighted by atomic mass is 9.72. The molecule has 0 aromatic rings. The number of hydrogen-bond acceptors (Lipinski definition) is 6. The first-order valence-electron chi connectivity index (χ1n) is 5.35. The van der Waals surface area contributed by atoms with E-state index in [0.717, 1.165) is 0 Å². The normalized spacial score (nSPS) is 16.8. The Morgan fingerprint density at radius 2 is 2.00 bits per heavy atom. The summed E-state index contributed by atoms with van der Waals surface area (Å²) < 4.78 is 0. The summed E-state index contributed by atoms with van der Waals surface area (Å²) in [6.45, 7) is 4.62. The Hall–Kier alpha value is -1.16. The fourth-order valence-electron chi connectivity index (χ4n) is 1.60. The second-order valence-electron chi connectivity index (χ2n) is 4.96. The van der Waals surface area contributed by atoms with Gasteiger partial charge in [0.2, 0.25) is 0 Å². The van der Waals surface area contributed by atoms with Crippen LogP contribution in [0.4, 0.5) is 0 Å². The highest BCUT2D eigenvalue weighted by molar-refractivity contribution is 5.80. The average Bonchev–Trinajstić information content (AvgIpc) is 2.25. The molecular weight excluding hydrogens is 226 g/mol. The fraction of sp³-hybridized carbons (Fsp3) is 0.818. The third-order valence-electron chi connectivity index (χ3n) is 2.79. The molecule has 6 nitrogen and oxygen atoms in total. The molecule has 0 saturated carbocycles. The van der Waals surface area contributed by atoms with Gasteiger partial charge in [-0.3, -0.25) is 4.89 Å². The number of nitriles is 1. The Kier molecular flexibility index (Phi) is 5.55. The van der Waals surface area contributed by atoms with Gasteiger partial charge in [0, 0.05) is 11.8 Å². The molecule has 0 radical (unpaired) electrons. The zero-order valence-corrected chi connectivity index (χ0v) is 10.3. The molecule has 98 valence electrons. The van der Waals surface area contributed by atoms with E-state index in [0.29, 0.717) is 6.42 Å². The van der Waals surface area contributed by atoms with Crippen molar-refractivity contribution in [2.45, 2.75) is 51.7 Å². The van der Waals surface area contributed by atoms with Crippen LogP contribution in [0.2, 0.25) is 0 Å². The number of carbonyl (C=O) groups excluding carboxylic acids is 1. The predicted octanol–water partition coefficient (Wildman–Crippen LogP) is 0.835. The fourth-order valence-corrected chi connectivity index (χ4v) is 1.60. The van der Waals surface area contributed by atoms with Crippen molar-refractivity contribution in [3.8, 4) is 6.07 Å². The third-order valence-corrected chi connectivity index (χ3v) is 2.79. The maximum absolute atomic E-state index is 11.4. The molecular formula is C11H19NO5. The predicted molar refractivity (Wildman–Crippen MR) is 58.6 cm³/mol. The third kappa shape index (κ3) is 3.40. The van der Waals surface area contributed by atoms with Crippen LogP contribution in [0.15, 0.2) is 0 Å². The van der Waals surface area contributed by atoms with Crippen LogP contribution in [0.25, 0.3) is 0 Å². The van der Waals surface area contributed by atoms with E-state index in [1.165, 1.54) is 20.8 Å². The minimum absolute atomic E-state index is 0.0659. The van der Waals surface area contributed by atoms with Gasteiger partial charge in [-0.1, -0.05) is 20.8 Å². The summed E-state index contributed by atoms with van der Waals surface area (Å²) in [4.78, 5) is 15.0. The number of hydrogen-bond donors (Lipinski definition) is 3. The van der Waals surface area contributed by atoms with Crippen LogP contribution in [0, 0.1) is 16.7 Å². The molecule has 0 bridgehead atoms. The number of aliphatic hydroxyl groups is 2. The molecule has 0 aromatic carbocycles. The Morgan fingerprint density at radius 3 is 2.35 bits per heavy atom. The van der Waals surface area contributed by atoms with Gasteiger partial charge in [0.1, 0.15) is 0 Å². The number of carbonyl (C=O) groups is 1. The number of nitrogens with zero attached hydrogens (tertiary/aromatic N) is 1. The summed E-state index contributed by atoms with van der Waals surface area (Å²) >= 11 is 0. The Morgan fingerprint density at radius 1 is 1.47 bits per heavy atom. The quantitative estimate of drug-likeness (QED) is 0.376. The van der Waals surface area contributed by atoms with E-state index in [4.69, 9.17) is 10.5 Å². The minimum Gasteiger partial charge on any atom is -0.389 e. The number of aliphatic hydroxyl groups excluding tert-OH is 1. The molecule has 0 aliphatic rings. The zero-order valence-electron chi connectivity index (χ0n) is 10.3. The van der Waals surface area contributed by atoms with Gasteiger partial charge in [-0.2, -0.15) is 10.5 Å². The maximum Gasteiger partial charge on any atom is 0.376 e. The van der Waals surface area contributed by atoms with E-state index < -0.39 is 23.1 Å². The number of unbranched alkanes of at least 4 members (excludes halogenated alkanes) is 1. The molecule has 0 aliphatic carbocycles. The van der Waals surface area contributed by atoms with E-state index >= 15 is 0 Å². The summed E-state index contributed by atoms with van der Waals surface area (Å²) in [6, 6.07) is 1.90. The van der Waals surface area contributed by atoms with Gasteiger partial charge in [0.25, 0.3) is 0 Å². The first kappa shape index (κ1) is 15.8. The van der Waals surface area contributed by atoms with Crippen molar-refractivity contribution in [2.24, 2.45) is 5.41 Å². The molecule has 17 heavy (non-hydrogen) atoms. The highest BCUT2D eigenvalue weighted by Crippen LogP contribution is 2.36. The Labute approximate surface area is 100 Å². The van der Waals surface area contributed by atoms with Crippen molar-refractivity contribution >= 4 is 5.97 Å². The number of rotatable bonds is 5. The van der Waals surface area contributed by atoms with Crippen molar-refractivity contribution in [1.29, 1.82) is 5.26 Å². The van der Waals surface area contributed by atoms with Crippen molar-refractivity contribution < 1.29 is 25.2 Å². The van der Waals surface area contributed by atoms with Gasteiger partial charge in [0.15, 0.2) is 5.60 Å².